The topological polar surface area (TPSA) is 66.5 Å². The van der Waals surface area contributed by atoms with Crippen LogP contribution in [0, 0.1) is 5.82 Å². The van der Waals surface area contributed by atoms with E-state index in [2.05, 4.69) is 4.72 Å². The van der Waals surface area contributed by atoms with Crippen molar-refractivity contribution in [3.8, 4) is 0 Å². The van der Waals surface area contributed by atoms with Gasteiger partial charge >= 0.3 is 0 Å². The molecule has 0 spiro atoms. The molecule has 0 atom stereocenters. The number of carbonyl (C=O) groups excluding carboxylic acids is 1. The van der Waals surface area contributed by atoms with Crippen LogP contribution in [0.3, 0.4) is 0 Å². The minimum atomic E-state index is -3.82. The molecule has 0 aliphatic heterocycles. The molecule has 0 aliphatic carbocycles. The van der Waals surface area contributed by atoms with Gasteiger partial charge in [-0.15, -0.1) is 11.3 Å². The molecule has 1 amide bonds. The summed E-state index contributed by atoms with van der Waals surface area (Å²) in [5.74, 6) is -0.667. The first-order valence-electron chi connectivity index (χ1n) is 8.01. The maximum atomic E-state index is 13.0. The molecule has 27 heavy (non-hydrogen) atoms. The third-order valence-electron chi connectivity index (χ3n) is 3.83. The lowest BCUT2D eigenvalue weighted by Gasteiger charge is -2.16. The van der Waals surface area contributed by atoms with Crippen molar-refractivity contribution in [2.45, 2.75) is 11.4 Å². The third-order valence-corrected chi connectivity index (χ3v) is 6.09. The summed E-state index contributed by atoms with van der Waals surface area (Å²) in [7, 11) is -2.11. The zero-order chi connectivity index (χ0) is 19.4. The molecule has 8 heteroatoms. The highest BCUT2D eigenvalue weighted by Gasteiger charge is 2.16. The average Bonchev–Trinajstić information content (AvgIpc) is 3.15. The fraction of sp³-hybridized carbons (Fsp3) is 0.105. The van der Waals surface area contributed by atoms with Crippen molar-refractivity contribution >= 4 is 33.0 Å². The van der Waals surface area contributed by atoms with E-state index < -0.39 is 15.8 Å². The molecule has 0 unspecified atom stereocenters. The summed E-state index contributed by atoms with van der Waals surface area (Å²) in [6.07, 6.45) is 0. The Labute approximate surface area is 161 Å². The highest BCUT2D eigenvalue weighted by Crippen LogP contribution is 2.18. The standard InChI is InChI=1S/C19H17FN2O3S2/c1-22(13-17-3-2-12-26-17)19(23)14-4-8-16(9-5-14)21-27(24,25)18-10-6-15(20)7-11-18/h2-12,21H,13H2,1H3. The molecule has 0 saturated heterocycles. The lowest BCUT2D eigenvalue weighted by atomic mass is 10.2. The molecule has 3 aromatic rings. The van der Waals surface area contributed by atoms with Crippen LogP contribution in [0.15, 0.2) is 70.9 Å². The van der Waals surface area contributed by atoms with Gasteiger partial charge in [0, 0.05) is 23.2 Å². The predicted octanol–water partition coefficient (Wildman–Crippen LogP) is 3.96. The predicted molar refractivity (Wildman–Crippen MR) is 104 cm³/mol. The third kappa shape index (κ3) is 4.72. The van der Waals surface area contributed by atoms with E-state index in [1.54, 1.807) is 35.4 Å². The molecular formula is C19H17FN2O3S2. The van der Waals surface area contributed by atoms with Gasteiger partial charge in [-0.25, -0.2) is 12.8 Å². The first kappa shape index (κ1) is 19.1. The van der Waals surface area contributed by atoms with Crippen LogP contribution in [0.4, 0.5) is 10.1 Å². The molecule has 1 N–H and O–H groups in total. The Morgan fingerprint density at radius 3 is 2.33 bits per heavy atom. The molecule has 0 saturated carbocycles. The molecule has 3 rings (SSSR count). The van der Waals surface area contributed by atoms with Crippen LogP contribution in [0.25, 0.3) is 0 Å². The molecule has 2 aromatic carbocycles. The molecule has 1 aromatic heterocycles. The minimum absolute atomic E-state index is 0.0419. The second kappa shape index (κ2) is 7.89. The van der Waals surface area contributed by atoms with E-state index in [1.165, 1.54) is 24.3 Å². The van der Waals surface area contributed by atoms with Crippen LogP contribution in [0.2, 0.25) is 0 Å². The first-order valence-corrected chi connectivity index (χ1v) is 10.4. The number of amides is 1. The van der Waals surface area contributed by atoms with Gasteiger partial charge in [-0.3, -0.25) is 9.52 Å². The smallest absolute Gasteiger partial charge is 0.261 e. The van der Waals surface area contributed by atoms with Gasteiger partial charge in [0.2, 0.25) is 0 Å². The Morgan fingerprint density at radius 1 is 1.07 bits per heavy atom. The van der Waals surface area contributed by atoms with Crippen molar-refractivity contribution in [3.63, 3.8) is 0 Å². The quantitative estimate of drug-likeness (QED) is 0.676. The molecule has 140 valence electrons. The molecule has 5 nitrogen and oxygen atoms in total. The van der Waals surface area contributed by atoms with Gasteiger partial charge in [0.05, 0.1) is 11.4 Å². The van der Waals surface area contributed by atoms with Gasteiger partial charge < -0.3 is 4.90 Å². The zero-order valence-corrected chi connectivity index (χ0v) is 16.1. The molecular weight excluding hydrogens is 387 g/mol. The van der Waals surface area contributed by atoms with Crippen molar-refractivity contribution in [1.82, 2.24) is 4.90 Å². The van der Waals surface area contributed by atoms with E-state index in [0.717, 1.165) is 17.0 Å². The van der Waals surface area contributed by atoms with E-state index in [0.29, 0.717) is 17.8 Å². The largest absolute Gasteiger partial charge is 0.337 e. The number of benzene rings is 2. The Morgan fingerprint density at radius 2 is 1.74 bits per heavy atom. The van der Waals surface area contributed by atoms with Crippen molar-refractivity contribution in [3.05, 3.63) is 82.3 Å². The van der Waals surface area contributed by atoms with Crippen molar-refractivity contribution < 1.29 is 17.6 Å². The molecule has 0 radical (unpaired) electrons. The highest BCUT2D eigenvalue weighted by molar-refractivity contribution is 7.92. The van der Waals surface area contributed by atoms with E-state index >= 15 is 0 Å². The van der Waals surface area contributed by atoms with Crippen LogP contribution in [-0.2, 0) is 16.6 Å². The number of nitrogens with one attached hydrogen (secondary N) is 1. The Balaban J connectivity index is 1.69. The monoisotopic (exact) mass is 404 g/mol. The van der Waals surface area contributed by atoms with Crippen LogP contribution >= 0.6 is 11.3 Å². The zero-order valence-electron chi connectivity index (χ0n) is 14.4. The van der Waals surface area contributed by atoms with Gasteiger partial charge in [-0.2, -0.15) is 0 Å². The molecule has 0 aliphatic rings. The Bertz CT molecular complexity index is 1020. The van der Waals surface area contributed by atoms with Gasteiger partial charge in [-0.1, -0.05) is 6.07 Å². The molecule has 1 heterocycles. The number of anilines is 1. The number of hydrogen-bond donors (Lipinski definition) is 1. The van der Waals surface area contributed by atoms with Gasteiger partial charge in [0.25, 0.3) is 15.9 Å². The van der Waals surface area contributed by atoms with Crippen LogP contribution in [0.1, 0.15) is 15.2 Å². The summed E-state index contributed by atoms with van der Waals surface area (Å²) in [6.45, 7) is 0.509. The summed E-state index contributed by atoms with van der Waals surface area (Å²) in [5.41, 5.74) is 0.774. The fourth-order valence-corrected chi connectivity index (χ4v) is 4.25. The molecule has 0 fully saturated rings. The highest BCUT2D eigenvalue weighted by atomic mass is 32.2. The average molecular weight is 404 g/mol. The summed E-state index contributed by atoms with van der Waals surface area (Å²) >= 11 is 1.58. The van der Waals surface area contributed by atoms with E-state index in [4.69, 9.17) is 0 Å². The van der Waals surface area contributed by atoms with Gasteiger partial charge in [0.1, 0.15) is 5.82 Å². The minimum Gasteiger partial charge on any atom is -0.337 e. The fourth-order valence-electron chi connectivity index (χ4n) is 2.44. The number of hydrogen-bond acceptors (Lipinski definition) is 4. The van der Waals surface area contributed by atoms with Crippen molar-refractivity contribution in [2.24, 2.45) is 0 Å². The normalized spacial score (nSPS) is 11.2. The summed E-state index contributed by atoms with van der Waals surface area (Å²) in [5, 5.41) is 1.95. The van der Waals surface area contributed by atoms with Crippen LogP contribution < -0.4 is 4.72 Å². The molecule has 0 bridgehead atoms. The van der Waals surface area contributed by atoms with Crippen molar-refractivity contribution in [2.75, 3.05) is 11.8 Å². The maximum Gasteiger partial charge on any atom is 0.261 e. The SMILES string of the molecule is CN(Cc1cccs1)C(=O)c1ccc(NS(=O)(=O)c2ccc(F)cc2)cc1. The van der Waals surface area contributed by atoms with Crippen LogP contribution in [0.5, 0.6) is 0 Å². The second-order valence-electron chi connectivity index (χ2n) is 5.88. The number of nitrogens with zero attached hydrogens (tertiary/aromatic N) is 1. The first-order chi connectivity index (χ1) is 12.8. The lowest BCUT2D eigenvalue weighted by molar-refractivity contribution is 0.0786. The van der Waals surface area contributed by atoms with E-state index in [9.17, 15) is 17.6 Å². The summed E-state index contributed by atoms with van der Waals surface area (Å²) in [4.78, 5) is 15.1. The Hall–Kier alpha value is -2.71. The summed E-state index contributed by atoms with van der Waals surface area (Å²) < 4.78 is 40.0. The second-order valence-corrected chi connectivity index (χ2v) is 8.59. The van der Waals surface area contributed by atoms with Gasteiger partial charge in [0.15, 0.2) is 0 Å². The number of thiophene rings is 1. The van der Waals surface area contributed by atoms with E-state index in [1.807, 2.05) is 17.5 Å². The van der Waals surface area contributed by atoms with Gasteiger partial charge in [-0.05, 0) is 60.0 Å². The Kier molecular flexibility index (Phi) is 5.57. The number of rotatable bonds is 6. The maximum absolute atomic E-state index is 13.0. The lowest BCUT2D eigenvalue weighted by Crippen LogP contribution is -2.25. The number of carbonyl (C=O) groups is 1. The van der Waals surface area contributed by atoms with E-state index in [-0.39, 0.29) is 10.8 Å². The number of halogens is 1. The van der Waals surface area contributed by atoms with Crippen LogP contribution in [-0.4, -0.2) is 26.3 Å². The number of sulfonamides is 1. The summed E-state index contributed by atoms with van der Waals surface area (Å²) in [6, 6.07) is 14.6. The van der Waals surface area contributed by atoms with Crippen molar-refractivity contribution in [1.29, 1.82) is 0 Å².